The summed E-state index contributed by atoms with van der Waals surface area (Å²) in [6, 6.07) is 7.38. The first-order valence-corrected chi connectivity index (χ1v) is 10.8. The standard InChI is InChI=1S/C19H23N3O3S/c1-3-13-4-5-16-14(9-13)15(8-12(2)21-16)19(23)22-7-6-20-17-10-26(24,25)11-18(17)22/h4-5,8-9,17-18,20H,3,6-7,10-11H2,1-2H3. The molecule has 2 saturated heterocycles. The van der Waals surface area contributed by atoms with Crippen molar-refractivity contribution in [3.05, 3.63) is 41.1 Å². The fourth-order valence-corrected chi connectivity index (χ4v) is 6.03. The van der Waals surface area contributed by atoms with E-state index in [1.165, 1.54) is 0 Å². The lowest BCUT2D eigenvalue weighted by Crippen LogP contribution is -2.59. The van der Waals surface area contributed by atoms with Crippen LogP contribution in [0.4, 0.5) is 0 Å². The second kappa shape index (κ2) is 6.32. The SMILES string of the molecule is CCc1ccc2nc(C)cc(C(=O)N3CCNC4CS(=O)(=O)CC43)c2c1. The molecule has 138 valence electrons. The number of aryl methyl sites for hydroxylation is 2. The predicted octanol–water partition coefficient (Wildman–Crippen LogP) is 1.32. The van der Waals surface area contributed by atoms with Gasteiger partial charge in [-0.15, -0.1) is 0 Å². The van der Waals surface area contributed by atoms with Crippen LogP contribution in [0.15, 0.2) is 24.3 Å². The Hall–Kier alpha value is -1.99. The summed E-state index contributed by atoms with van der Waals surface area (Å²) in [5.74, 6) is 0.0539. The highest BCUT2D eigenvalue weighted by atomic mass is 32.2. The van der Waals surface area contributed by atoms with Crippen LogP contribution in [0.1, 0.15) is 28.5 Å². The molecule has 1 N–H and O–H groups in total. The minimum atomic E-state index is -3.11. The van der Waals surface area contributed by atoms with Crippen LogP contribution in [0, 0.1) is 6.92 Å². The number of nitrogens with one attached hydrogen (secondary N) is 1. The number of piperazine rings is 1. The van der Waals surface area contributed by atoms with Crippen LogP contribution in [0.25, 0.3) is 10.9 Å². The quantitative estimate of drug-likeness (QED) is 0.859. The largest absolute Gasteiger partial charge is 0.332 e. The molecule has 2 unspecified atom stereocenters. The van der Waals surface area contributed by atoms with Crippen LogP contribution in [0.3, 0.4) is 0 Å². The lowest BCUT2D eigenvalue weighted by Gasteiger charge is -2.37. The van der Waals surface area contributed by atoms with Crippen molar-refractivity contribution in [1.29, 1.82) is 0 Å². The number of aromatic nitrogens is 1. The number of carbonyl (C=O) groups is 1. The molecule has 1 amide bonds. The lowest BCUT2D eigenvalue weighted by molar-refractivity contribution is 0.0623. The Kier molecular flexibility index (Phi) is 4.23. The number of sulfone groups is 1. The Labute approximate surface area is 153 Å². The second-order valence-electron chi connectivity index (χ2n) is 7.22. The molecular formula is C19H23N3O3S. The number of nitrogens with zero attached hydrogens (tertiary/aromatic N) is 2. The van der Waals surface area contributed by atoms with Crippen LogP contribution in [-0.4, -0.2) is 60.9 Å². The average molecular weight is 373 g/mol. The normalized spacial score (nSPS) is 24.6. The molecule has 2 aromatic rings. The van der Waals surface area contributed by atoms with Crippen LogP contribution >= 0.6 is 0 Å². The first-order chi connectivity index (χ1) is 12.4. The number of rotatable bonds is 2. The summed E-state index contributed by atoms with van der Waals surface area (Å²) in [7, 11) is -3.11. The molecule has 1 aromatic carbocycles. The first-order valence-electron chi connectivity index (χ1n) is 9.03. The highest BCUT2D eigenvalue weighted by Crippen LogP contribution is 2.27. The molecule has 6 nitrogen and oxygen atoms in total. The number of pyridine rings is 1. The molecule has 1 aromatic heterocycles. The topological polar surface area (TPSA) is 79.4 Å². The van der Waals surface area contributed by atoms with E-state index in [1.807, 2.05) is 31.2 Å². The molecule has 0 bridgehead atoms. The smallest absolute Gasteiger partial charge is 0.254 e. The molecule has 0 saturated carbocycles. The van der Waals surface area contributed by atoms with Crippen LogP contribution in [0.2, 0.25) is 0 Å². The van der Waals surface area contributed by atoms with Gasteiger partial charge in [0.1, 0.15) is 0 Å². The molecule has 2 aliphatic heterocycles. The van der Waals surface area contributed by atoms with Gasteiger partial charge in [0.05, 0.1) is 28.6 Å². The minimum absolute atomic E-state index is 0.0403. The number of amides is 1. The van der Waals surface area contributed by atoms with Gasteiger partial charge in [0, 0.05) is 30.2 Å². The zero-order valence-electron chi connectivity index (χ0n) is 15.0. The van der Waals surface area contributed by atoms with E-state index in [-0.39, 0.29) is 29.5 Å². The summed E-state index contributed by atoms with van der Waals surface area (Å²) in [5, 5.41) is 4.10. The molecule has 26 heavy (non-hydrogen) atoms. The third-order valence-electron chi connectivity index (χ3n) is 5.38. The Morgan fingerprint density at radius 2 is 2.12 bits per heavy atom. The van der Waals surface area contributed by atoms with E-state index in [1.54, 1.807) is 4.90 Å². The summed E-state index contributed by atoms with van der Waals surface area (Å²) in [4.78, 5) is 19.7. The van der Waals surface area contributed by atoms with Crippen molar-refractivity contribution in [1.82, 2.24) is 15.2 Å². The third kappa shape index (κ3) is 2.99. The number of hydrogen-bond acceptors (Lipinski definition) is 5. The Bertz CT molecular complexity index is 987. The van der Waals surface area contributed by atoms with Crippen molar-refractivity contribution in [3.63, 3.8) is 0 Å². The molecule has 4 rings (SSSR count). The molecule has 7 heteroatoms. The molecular weight excluding hydrogens is 350 g/mol. The minimum Gasteiger partial charge on any atom is -0.332 e. The second-order valence-corrected chi connectivity index (χ2v) is 9.37. The summed E-state index contributed by atoms with van der Waals surface area (Å²) in [6.07, 6.45) is 0.883. The van der Waals surface area contributed by atoms with E-state index < -0.39 is 9.84 Å². The molecule has 0 spiro atoms. The number of hydrogen-bond donors (Lipinski definition) is 1. The van der Waals surface area contributed by atoms with Crippen LogP contribution < -0.4 is 5.32 Å². The molecule has 2 atom stereocenters. The van der Waals surface area contributed by atoms with Gasteiger partial charge in [0.15, 0.2) is 9.84 Å². The highest BCUT2D eigenvalue weighted by Gasteiger charge is 2.44. The van der Waals surface area contributed by atoms with Crippen LogP contribution in [0.5, 0.6) is 0 Å². The van der Waals surface area contributed by atoms with Crippen molar-refractivity contribution in [2.24, 2.45) is 0 Å². The Balaban J connectivity index is 1.78. The van der Waals surface area contributed by atoms with Crippen molar-refractivity contribution in [3.8, 4) is 0 Å². The van der Waals surface area contributed by atoms with Gasteiger partial charge in [0.25, 0.3) is 5.91 Å². The maximum Gasteiger partial charge on any atom is 0.254 e. The van der Waals surface area contributed by atoms with Gasteiger partial charge in [-0.25, -0.2) is 8.42 Å². The van der Waals surface area contributed by atoms with E-state index in [0.717, 1.165) is 28.6 Å². The maximum atomic E-state index is 13.4. The average Bonchev–Trinajstić information content (AvgIpc) is 2.93. The van der Waals surface area contributed by atoms with Gasteiger partial charge in [-0.05, 0) is 37.1 Å². The van der Waals surface area contributed by atoms with E-state index in [0.29, 0.717) is 18.7 Å². The van der Waals surface area contributed by atoms with Gasteiger partial charge in [-0.3, -0.25) is 9.78 Å². The van der Waals surface area contributed by atoms with Crippen molar-refractivity contribution in [2.75, 3.05) is 24.6 Å². The van der Waals surface area contributed by atoms with Gasteiger partial charge >= 0.3 is 0 Å². The maximum absolute atomic E-state index is 13.4. The zero-order valence-corrected chi connectivity index (χ0v) is 15.8. The molecule has 2 aliphatic rings. The van der Waals surface area contributed by atoms with Crippen LogP contribution in [-0.2, 0) is 16.3 Å². The fourth-order valence-electron chi connectivity index (χ4n) is 4.08. The summed E-state index contributed by atoms with van der Waals surface area (Å²) in [5.41, 5.74) is 3.36. The van der Waals surface area contributed by atoms with Gasteiger partial charge in [-0.2, -0.15) is 0 Å². The molecule has 0 aliphatic carbocycles. The summed E-state index contributed by atoms with van der Waals surface area (Å²) in [6.45, 7) is 5.09. The Morgan fingerprint density at radius 1 is 1.31 bits per heavy atom. The van der Waals surface area contributed by atoms with E-state index >= 15 is 0 Å². The number of benzene rings is 1. The van der Waals surface area contributed by atoms with E-state index in [9.17, 15) is 13.2 Å². The van der Waals surface area contributed by atoms with Gasteiger partial charge in [-0.1, -0.05) is 13.0 Å². The molecule has 0 radical (unpaired) electrons. The van der Waals surface area contributed by atoms with Gasteiger partial charge in [0.2, 0.25) is 0 Å². The summed E-state index contributed by atoms with van der Waals surface area (Å²) < 4.78 is 24.1. The highest BCUT2D eigenvalue weighted by molar-refractivity contribution is 7.91. The summed E-state index contributed by atoms with van der Waals surface area (Å²) >= 11 is 0. The lowest BCUT2D eigenvalue weighted by atomic mass is 10.0. The zero-order chi connectivity index (χ0) is 18.5. The predicted molar refractivity (Wildman–Crippen MR) is 101 cm³/mol. The van der Waals surface area contributed by atoms with E-state index in [2.05, 4.69) is 17.2 Å². The van der Waals surface area contributed by atoms with Crippen molar-refractivity contribution >= 4 is 26.6 Å². The van der Waals surface area contributed by atoms with E-state index in [4.69, 9.17) is 0 Å². The van der Waals surface area contributed by atoms with Gasteiger partial charge < -0.3 is 10.2 Å². The fraction of sp³-hybridized carbons (Fsp3) is 0.474. The number of carbonyl (C=O) groups excluding carboxylic acids is 1. The number of fused-ring (bicyclic) bond motifs is 2. The van der Waals surface area contributed by atoms with Crippen molar-refractivity contribution < 1.29 is 13.2 Å². The first kappa shape index (κ1) is 17.4. The Morgan fingerprint density at radius 3 is 2.88 bits per heavy atom. The monoisotopic (exact) mass is 373 g/mol. The molecule has 2 fully saturated rings. The third-order valence-corrected chi connectivity index (χ3v) is 7.10. The van der Waals surface area contributed by atoms with Crippen molar-refractivity contribution in [2.45, 2.75) is 32.4 Å². The molecule has 3 heterocycles.